The van der Waals surface area contributed by atoms with E-state index in [0.29, 0.717) is 5.82 Å². The fourth-order valence-electron chi connectivity index (χ4n) is 1.19. The number of aryl methyl sites for hydroxylation is 1. The molecule has 0 aromatic carbocycles. The van der Waals surface area contributed by atoms with Gasteiger partial charge in [0.15, 0.2) is 0 Å². The lowest BCUT2D eigenvalue weighted by molar-refractivity contribution is -0.145. The maximum Gasteiger partial charge on any atom is 0.453 e. The molecule has 0 N–H and O–H groups in total. The van der Waals surface area contributed by atoms with Gasteiger partial charge in [-0.1, -0.05) is 0 Å². The standard InChI is InChI=1S/C7H8F3N3/c1-4-11-6(7(8,9)10)12-13(4)5-2-3-5/h5H,2-3H2,1H3. The van der Waals surface area contributed by atoms with Crippen LogP contribution in [0, 0.1) is 6.92 Å². The zero-order valence-electron chi connectivity index (χ0n) is 6.97. The minimum absolute atomic E-state index is 0.142. The van der Waals surface area contributed by atoms with E-state index >= 15 is 0 Å². The summed E-state index contributed by atoms with van der Waals surface area (Å²) in [5, 5.41) is 3.42. The Bertz CT molecular complexity index is 324. The second-order valence-electron chi connectivity index (χ2n) is 3.16. The van der Waals surface area contributed by atoms with Gasteiger partial charge in [0, 0.05) is 0 Å². The van der Waals surface area contributed by atoms with E-state index in [1.54, 1.807) is 6.92 Å². The molecular weight excluding hydrogens is 183 g/mol. The molecule has 1 aliphatic carbocycles. The molecule has 1 aromatic rings. The fraction of sp³-hybridized carbons (Fsp3) is 0.714. The van der Waals surface area contributed by atoms with Crippen LogP contribution in [0.25, 0.3) is 0 Å². The average molecular weight is 191 g/mol. The molecule has 13 heavy (non-hydrogen) atoms. The second kappa shape index (κ2) is 2.46. The number of rotatable bonds is 1. The van der Waals surface area contributed by atoms with Crippen LogP contribution in [0.3, 0.4) is 0 Å². The third kappa shape index (κ3) is 1.52. The molecule has 0 radical (unpaired) electrons. The Morgan fingerprint density at radius 3 is 2.38 bits per heavy atom. The predicted molar refractivity (Wildman–Crippen MR) is 38.0 cm³/mol. The minimum atomic E-state index is -4.43. The zero-order valence-corrected chi connectivity index (χ0v) is 6.97. The van der Waals surface area contributed by atoms with Gasteiger partial charge in [0.2, 0.25) is 0 Å². The SMILES string of the molecule is Cc1nc(C(F)(F)F)nn1C1CC1. The number of aromatic nitrogens is 3. The number of hydrogen-bond donors (Lipinski definition) is 0. The Balaban J connectivity index is 2.34. The topological polar surface area (TPSA) is 30.7 Å². The highest BCUT2D eigenvalue weighted by Crippen LogP contribution is 2.36. The van der Waals surface area contributed by atoms with Crippen molar-refractivity contribution in [1.82, 2.24) is 14.8 Å². The van der Waals surface area contributed by atoms with E-state index in [9.17, 15) is 13.2 Å². The van der Waals surface area contributed by atoms with Crippen LogP contribution in [0.15, 0.2) is 0 Å². The first kappa shape index (κ1) is 8.52. The minimum Gasteiger partial charge on any atom is -0.247 e. The monoisotopic (exact) mass is 191 g/mol. The van der Waals surface area contributed by atoms with Gasteiger partial charge in [-0.3, -0.25) is 0 Å². The summed E-state index contributed by atoms with van der Waals surface area (Å²) in [6, 6.07) is 0.142. The van der Waals surface area contributed by atoms with E-state index in [0.717, 1.165) is 12.8 Å². The highest BCUT2D eigenvalue weighted by molar-refractivity contribution is 4.98. The molecule has 0 amide bonds. The first-order valence-corrected chi connectivity index (χ1v) is 3.99. The summed E-state index contributed by atoms with van der Waals surface area (Å²) in [6.45, 7) is 1.54. The Morgan fingerprint density at radius 1 is 1.38 bits per heavy atom. The summed E-state index contributed by atoms with van der Waals surface area (Å²) in [5.41, 5.74) is 0. The van der Waals surface area contributed by atoms with Crippen molar-refractivity contribution in [3.63, 3.8) is 0 Å². The molecule has 0 atom stereocenters. The lowest BCUT2D eigenvalue weighted by Crippen LogP contribution is -2.08. The molecule has 2 rings (SSSR count). The highest BCUT2D eigenvalue weighted by atomic mass is 19.4. The van der Waals surface area contributed by atoms with Crippen molar-refractivity contribution in [2.24, 2.45) is 0 Å². The van der Waals surface area contributed by atoms with Gasteiger partial charge >= 0.3 is 6.18 Å². The normalized spacial score (nSPS) is 17.8. The third-order valence-electron chi connectivity index (χ3n) is 1.95. The molecule has 72 valence electrons. The van der Waals surface area contributed by atoms with Gasteiger partial charge in [0.05, 0.1) is 6.04 Å². The molecule has 0 bridgehead atoms. The number of alkyl halides is 3. The molecule has 1 saturated carbocycles. The van der Waals surface area contributed by atoms with Crippen LogP contribution < -0.4 is 0 Å². The third-order valence-corrected chi connectivity index (χ3v) is 1.95. The molecular formula is C7H8F3N3. The molecule has 0 aliphatic heterocycles. The largest absolute Gasteiger partial charge is 0.453 e. The zero-order chi connectivity index (χ0) is 9.64. The Kier molecular flexibility index (Phi) is 1.61. The average Bonchev–Trinajstić information content (AvgIpc) is 2.73. The van der Waals surface area contributed by atoms with Crippen LogP contribution in [0.2, 0.25) is 0 Å². The lowest BCUT2D eigenvalue weighted by Gasteiger charge is -1.98. The van der Waals surface area contributed by atoms with Crippen molar-refractivity contribution in [2.45, 2.75) is 32.0 Å². The first-order chi connectivity index (χ1) is 5.98. The Labute approximate surface area is 72.6 Å². The van der Waals surface area contributed by atoms with Crippen molar-refractivity contribution in [3.05, 3.63) is 11.6 Å². The predicted octanol–water partition coefficient (Wildman–Crippen LogP) is 1.94. The van der Waals surface area contributed by atoms with Crippen molar-refractivity contribution < 1.29 is 13.2 Å². The van der Waals surface area contributed by atoms with Crippen LogP contribution in [0.4, 0.5) is 13.2 Å². The maximum absolute atomic E-state index is 12.1. The quantitative estimate of drug-likeness (QED) is 0.679. The lowest BCUT2D eigenvalue weighted by atomic mass is 10.6. The number of hydrogen-bond acceptors (Lipinski definition) is 2. The van der Waals surface area contributed by atoms with Gasteiger partial charge in [-0.15, -0.1) is 5.10 Å². The molecule has 3 nitrogen and oxygen atoms in total. The molecule has 0 saturated heterocycles. The molecule has 6 heteroatoms. The van der Waals surface area contributed by atoms with E-state index in [1.165, 1.54) is 4.68 Å². The summed E-state index contributed by atoms with van der Waals surface area (Å²) < 4.78 is 37.7. The van der Waals surface area contributed by atoms with Crippen LogP contribution in [-0.4, -0.2) is 14.8 Å². The van der Waals surface area contributed by atoms with Gasteiger partial charge < -0.3 is 0 Å². The van der Waals surface area contributed by atoms with Gasteiger partial charge in [-0.05, 0) is 19.8 Å². The molecule has 1 heterocycles. The summed E-state index contributed by atoms with van der Waals surface area (Å²) in [5.74, 6) is -0.688. The molecule has 1 fully saturated rings. The van der Waals surface area contributed by atoms with E-state index in [-0.39, 0.29) is 6.04 Å². The Hall–Kier alpha value is -1.07. The molecule has 1 aromatic heterocycles. The number of halogens is 3. The van der Waals surface area contributed by atoms with E-state index in [2.05, 4.69) is 10.1 Å². The molecule has 0 unspecified atom stereocenters. The summed E-state index contributed by atoms with van der Waals surface area (Å²) >= 11 is 0. The maximum atomic E-state index is 12.1. The van der Waals surface area contributed by atoms with E-state index in [1.807, 2.05) is 0 Å². The van der Waals surface area contributed by atoms with Gasteiger partial charge in [0.25, 0.3) is 5.82 Å². The smallest absolute Gasteiger partial charge is 0.247 e. The van der Waals surface area contributed by atoms with Crippen molar-refractivity contribution in [2.75, 3.05) is 0 Å². The van der Waals surface area contributed by atoms with Gasteiger partial charge in [-0.2, -0.15) is 13.2 Å². The molecule has 0 spiro atoms. The van der Waals surface area contributed by atoms with E-state index in [4.69, 9.17) is 0 Å². The Morgan fingerprint density at radius 2 is 2.00 bits per heavy atom. The summed E-state index contributed by atoms with van der Waals surface area (Å²) in [4.78, 5) is 3.37. The highest BCUT2D eigenvalue weighted by Gasteiger charge is 2.38. The number of nitrogens with zero attached hydrogens (tertiary/aromatic N) is 3. The summed E-state index contributed by atoms with van der Waals surface area (Å²) in [7, 11) is 0. The van der Waals surface area contributed by atoms with Crippen LogP contribution in [0.1, 0.15) is 30.5 Å². The van der Waals surface area contributed by atoms with Crippen molar-refractivity contribution in [1.29, 1.82) is 0 Å². The van der Waals surface area contributed by atoms with Gasteiger partial charge in [0.1, 0.15) is 5.82 Å². The summed E-state index contributed by atoms with van der Waals surface area (Å²) in [6.07, 6.45) is -2.62. The first-order valence-electron chi connectivity index (χ1n) is 3.99. The van der Waals surface area contributed by atoms with Crippen LogP contribution in [0.5, 0.6) is 0 Å². The second-order valence-corrected chi connectivity index (χ2v) is 3.16. The van der Waals surface area contributed by atoms with Crippen molar-refractivity contribution >= 4 is 0 Å². The fourth-order valence-corrected chi connectivity index (χ4v) is 1.19. The van der Waals surface area contributed by atoms with E-state index < -0.39 is 12.0 Å². The van der Waals surface area contributed by atoms with Crippen LogP contribution >= 0.6 is 0 Å². The van der Waals surface area contributed by atoms with Crippen molar-refractivity contribution in [3.8, 4) is 0 Å². The van der Waals surface area contributed by atoms with Crippen LogP contribution in [-0.2, 0) is 6.18 Å². The van der Waals surface area contributed by atoms with Gasteiger partial charge in [-0.25, -0.2) is 9.67 Å². The molecule has 1 aliphatic rings.